The number of nitrogens with one attached hydrogen (secondary N) is 1. The van der Waals surface area contributed by atoms with Crippen LogP contribution < -0.4 is 5.32 Å². The molecule has 0 spiro atoms. The molecule has 0 unspecified atom stereocenters. The van der Waals surface area contributed by atoms with Gasteiger partial charge in [-0.2, -0.15) is 0 Å². The molecule has 0 bridgehead atoms. The number of carbonyl (C=O) groups excluding carboxylic acids is 2. The van der Waals surface area contributed by atoms with Crippen LogP contribution in [0.15, 0.2) is 53.7 Å². The second-order valence-electron chi connectivity index (χ2n) is 7.96. The summed E-state index contributed by atoms with van der Waals surface area (Å²) >= 11 is 0.922. The second kappa shape index (κ2) is 8.30. The molecule has 7 nitrogen and oxygen atoms in total. The summed E-state index contributed by atoms with van der Waals surface area (Å²) in [6.07, 6.45) is 5.54. The van der Waals surface area contributed by atoms with Gasteiger partial charge in [-0.25, -0.2) is 4.98 Å². The molecule has 31 heavy (non-hydrogen) atoms. The number of piperazine rings is 1. The number of nitrogens with zero attached hydrogens (tertiary/aromatic N) is 4. The van der Waals surface area contributed by atoms with Gasteiger partial charge in [0.1, 0.15) is 5.65 Å². The highest BCUT2D eigenvalue weighted by molar-refractivity contribution is 8.18. The van der Waals surface area contributed by atoms with Gasteiger partial charge in [-0.15, -0.1) is 0 Å². The van der Waals surface area contributed by atoms with Gasteiger partial charge in [0.05, 0.1) is 16.8 Å². The van der Waals surface area contributed by atoms with E-state index in [4.69, 9.17) is 0 Å². The molecule has 1 aromatic carbocycles. The van der Waals surface area contributed by atoms with Crippen LogP contribution in [-0.2, 0) is 11.3 Å². The van der Waals surface area contributed by atoms with E-state index in [9.17, 15) is 9.59 Å². The quantitative estimate of drug-likeness (QED) is 0.638. The molecule has 0 aliphatic carbocycles. The van der Waals surface area contributed by atoms with Crippen molar-refractivity contribution >= 4 is 34.6 Å². The van der Waals surface area contributed by atoms with E-state index in [-0.39, 0.29) is 11.1 Å². The lowest BCUT2D eigenvalue weighted by Crippen LogP contribution is -2.43. The summed E-state index contributed by atoms with van der Waals surface area (Å²) in [5.74, 6) is -0.350. The lowest BCUT2D eigenvalue weighted by Gasteiger charge is -2.32. The number of rotatable bonds is 4. The first-order valence-electron chi connectivity index (χ1n) is 10.3. The fourth-order valence-electron chi connectivity index (χ4n) is 3.91. The van der Waals surface area contributed by atoms with Gasteiger partial charge in [0, 0.05) is 44.5 Å². The largest absolute Gasteiger partial charge is 0.304 e. The van der Waals surface area contributed by atoms with Crippen molar-refractivity contribution in [3.8, 4) is 11.3 Å². The molecule has 2 amide bonds. The van der Waals surface area contributed by atoms with Crippen LogP contribution in [0.1, 0.15) is 11.1 Å². The van der Waals surface area contributed by atoms with Crippen LogP contribution in [0.25, 0.3) is 23.0 Å². The number of aromatic nitrogens is 2. The number of amides is 2. The first-order chi connectivity index (χ1) is 15.0. The zero-order chi connectivity index (χ0) is 21.4. The smallest absolute Gasteiger partial charge is 0.290 e. The Balaban J connectivity index is 1.38. The molecule has 8 heteroatoms. The van der Waals surface area contributed by atoms with Crippen LogP contribution in [0.5, 0.6) is 0 Å². The first-order valence-corrected chi connectivity index (χ1v) is 11.1. The van der Waals surface area contributed by atoms with E-state index in [1.165, 1.54) is 5.56 Å². The van der Waals surface area contributed by atoms with Crippen LogP contribution in [0.3, 0.4) is 0 Å². The molecular formula is C23H23N5O2S. The van der Waals surface area contributed by atoms with Crippen molar-refractivity contribution in [3.05, 3.63) is 64.8 Å². The summed E-state index contributed by atoms with van der Waals surface area (Å²) < 4.78 is 2.02. The second-order valence-corrected chi connectivity index (χ2v) is 8.98. The number of likely N-dealkylation sites (N-methyl/N-ethyl adjacent to an activating group) is 1. The SMILES string of the molecule is CN1CCN(Cc2ccc(-c3cnc4ccc(/C=C5\SC(=O)NC5=O)cn34)cc2)CC1. The molecule has 2 aromatic heterocycles. The summed E-state index contributed by atoms with van der Waals surface area (Å²) in [6, 6.07) is 12.5. The molecule has 5 rings (SSSR count). The highest BCUT2D eigenvalue weighted by Gasteiger charge is 2.25. The molecule has 2 fully saturated rings. The molecule has 1 N–H and O–H groups in total. The third-order valence-electron chi connectivity index (χ3n) is 5.72. The Kier molecular flexibility index (Phi) is 5.35. The standard InChI is InChI=1S/C23H23N5O2S/c1-26-8-10-27(11-9-26)14-16-2-5-18(6-3-16)19-13-24-21-7-4-17(15-28(19)21)12-20-22(29)25-23(30)31-20/h2-7,12-13,15H,8-11,14H2,1H3,(H,25,29,30)/b20-12-. The number of benzene rings is 1. The van der Waals surface area contributed by atoms with E-state index in [1.807, 2.05) is 28.9 Å². The number of imidazole rings is 1. The van der Waals surface area contributed by atoms with Crippen molar-refractivity contribution in [1.82, 2.24) is 24.5 Å². The van der Waals surface area contributed by atoms with Gasteiger partial charge in [0.15, 0.2) is 0 Å². The lowest BCUT2D eigenvalue weighted by atomic mass is 10.1. The predicted octanol–water partition coefficient (Wildman–Crippen LogP) is 3.07. The summed E-state index contributed by atoms with van der Waals surface area (Å²) in [4.78, 5) is 33.0. The lowest BCUT2D eigenvalue weighted by molar-refractivity contribution is -0.115. The van der Waals surface area contributed by atoms with Crippen LogP contribution >= 0.6 is 11.8 Å². The molecule has 3 aromatic rings. The molecule has 0 radical (unpaired) electrons. The number of hydrogen-bond acceptors (Lipinski definition) is 6. The minimum Gasteiger partial charge on any atom is -0.304 e. The van der Waals surface area contributed by atoms with E-state index in [1.54, 1.807) is 6.08 Å². The van der Waals surface area contributed by atoms with Gasteiger partial charge >= 0.3 is 0 Å². The fourth-order valence-corrected chi connectivity index (χ4v) is 4.60. The van der Waals surface area contributed by atoms with Gasteiger partial charge in [-0.3, -0.25) is 24.2 Å². The zero-order valence-corrected chi connectivity index (χ0v) is 18.1. The third-order valence-corrected chi connectivity index (χ3v) is 6.53. The van der Waals surface area contributed by atoms with Crippen LogP contribution in [-0.4, -0.2) is 63.6 Å². The predicted molar refractivity (Wildman–Crippen MR) is 123 cm³/mol. The number of imide groups is 1. The van der Waals surface area contributed by atoms with Gasteiger partial charge in [-0.05, 0) is 48.1 Å². The number of carbonyl (C=O) groups is 2. The van der Waals surface area contributed by atoms with Gasteiger partial charge in [0.2, 0.25) is 0 Å². The Morgan fingerprint density at radius 3 is 2.55 bits per heavy atom. The highest BCUT2D eigenvalue weighted by Crippen LogP contribution is 2.27. The Morgan fingerprint density at radius 2 is 1.84 bits per heavy atom. The Hall–Kier alpha value is -2.94. The topological polar surface area (TPSA) is 69.9 Å². The van der Waals surface area contributed by atoms with Gasteiger partial charge in [-0.1, -0.05) is 24.3 Å². The molecule has 2 aliphatic heterocycles. The third kappa shape index (κ3) is 4.27. The van der Waals surface area contributed by atoms with Crippen molar-refractivity contribution in [1.29, 1.82) is 0 Å². The maximum Gasteiger partial charge on any atom is 0.290 e. The van der Waals surface area contributed by atoms with Gasteiger partial charge in [0.25, 0.3) is 11.1 Å². The van der Waals surface area contributed by atoms with Crippen molar-refractivity contribution < 1.29 is 9.59 Å². The fraction of sp³-hybridized carbons (Fsp3) is 0.261. The molecule has 4 heterocycles. The summed E-state index contributed by atoms with van der Waals surface area (Å²) in [5, 5.41) is 1.95. The maximum absolute atomic E-state index is 11.8. The summed E-state index contributed by atoms with van der Waals surface area (Å²) in [5.41, 5.74) is 5.05. The molecule has 0 saturated carbocycles. The van der Waals surface area contributed by atoms with Crippen molar-refractivity contribution in [2.24, 2.45) is 0 Å². The van der Waals surface area contributed by atoms with E-state index < -0.39 is 0 Å². The Bertz CT molecular complexity index is 1180. The number of fused-ring (bicyclic) bond motifs is 1. The van der Waals surface area contributed by atoms with Crippen LogP contribution in [0, 0.1) is 0 Å². The average molecular weight is 434 g/mol. The Morgan fingerprint density at radius 1 is 1.06 bits per heavy atom. The van der Waals surface area contributed by atoms with Crippen LogP contribution in [0.2, 0.25) is 0 Å². The maximum atomic E-state index is 11.8. The molecule has 2 aliphatic rings. The van der Waals surface area contributed by atoms with Crippen molar-refractivity contribution in [2.45, 2.75) is 6.54 Å². The molecule has 158 valence electrons. The normalized spacial score (nSPS) is 19.5. The monoisotopic (exact) mass is 433 g/mol. The number of pyridine rings is 1. The van der Waals surface area contributed by atoms with Crippen molar-refractivity contribution in [2.75, 3.05) is 33.2 Å². The van der Waals surface area contributed by atoms with Crippen molar-refractivity contribution in [3.63, 3.8) is 0 Å². The van der Waals surface area contributed by atoms with Crippen LogP contribution in [0.4, 0.5) is 4.79 Å². The number of thioether (sulfide) groups is 1. The molecule has 0 atom stereocenters. The minimum atomic E-state index is -0.350. The minimum absolute atomic E-state index is 0.336. The summed E-state index contributed by atoms with van der Waals surface area (Å²) in [7, 11) is 2.17. The molecular weight excluding hydrogens is 410 g/mol. The average Bonchev–Trinajstić information content (AvgIpc) is 3.32. The number of hydrogen-bond donors (Lipinski definition) is 1. The highest BCUT2D eigenvalue weighted by atomic mass is 32.2. The Labute approximate surface area is 184 Å². The summed E-state index contributed by atoms with van der Waals surface area (Å²) in [6.45, 7) is 5.41. The van der Waals surface area contributed by atoms with E-state index >= 15 is 0 Å². The van der Waals surface area contributed by atoms with Gasteiger partial charge < -0.3 is 4.90 Å². The molecule has 2 saturated heterocycles. The zero-order valence-electron chi connectivity index (χ0n) is 17.2. The van der Waals surface area contributed by atoms with E-state index in [2.05, 4.69) is 51.4 Å². The van der Waals surface area contributed by atoms with E-state index in [0.717, 1.165) is 67.0 Å². The van der Waals surface area contributed by atoms with E-state index in [0.29, 0.717) is 4.91 Å². The first kappa shape index (κ1) is 20.0.